The number of nitrogens with two attached hydrogens (primary N) is 1. The predicted molar refractivity (Wildman–Crippen MR) is 71.0 cm³/mol. The van der Waals surface area contributed by atoms with Crippen molar-refractivity contribution in [2.45, 2.75) is 26.2 Å². The highest BCUT2D eigenvalue weighted by atomic mass is 35.5. The van der Waals surface area contributed by atoms with E-state index in [4.69, 9.17) is 5.73 Å². The topological polar surface area (TPSA) is 75.4 Å². The van der Waals surface area contributed by atoms with Crippen LogP contribution in [-0.4, -0.2) is 43.9 Å². The quantitative estimate of drug-likeness (QED) is 0.699. The zero-order chi connectivity index (χ0) is 12.6. The van der Waals surface area contributed by atoms with Crippen LogP contribution in [-0.2, 0) is 9.59 Å². The molecule has 0 heterocycles. The molecule has 5 nitrogen and oxygen atoms in total. The summed E-state index contributed by atoms with van der Waals surface area (Å²) in [5.74, 6) is 0.349. The van der Waals surface area contributed by atoms with Crippen LogP contribution in [0.3, 0.4) is 0 Å². The molecule has 6 heteroatoms. The Labute approximate surface area is 110 Å². The van der Waals surface area contributed by atoms with Gasteiger partial charge in [0.05, 0.1) is 0 Å². The molecule has 1 atom stereocenters. The maximum atomic E-state index is 11.3. The van der Waals surface area contributed by atoms with Crippen molar-refractivity contribution in [2.75, 3.05) is 27.2 Å². The van der Waals surface area contributed by atoms with Gasteiger partial charge in [-0.3, -0.25) is 9.59 Å². The molecule has 0 aromatic heterocycles. The fourth-order valence-corrected chi connectivity index (χ4v) is 1.08. The first-order valence-corrected chi connectivity index (χ1v) is 5.64. The summed E-state index contributed by atoms with van der Waals surface area (Å²) >= 11 is 0. The van der Waals surface area contributed by atoms with Crippen LogP contribution >= 0.6 is 12.4 Å². The lowest BCUT2D eigenvalue weighted by molar-refractivity contribution is -0.129. The first-order chi connectivity index (χ1) is 7.47. The van der Waals surface area contributed by atoms with Gasteiger partial charge in [-0.25, -0.2) is 0 Å². The Morgan fingerprint density at radius 2 is 1.88 bits per heavy atom. The summed E-state index contributed by atoms with van der Waals surface area (Å²) in [6.07, 6.45) is 1.42. The van der Waals surface area contributed by atoms with Crippen LogP contribution in [0.15, 0.2) is 0 Å². The van der Waals surface area contributed by atoms with Gasteiger partial charge in [-0.1, -0.05) is 6.92 Å². The maximum absolute atomic E-state index is 11.3. The molecule has 17 heavy (non-hydrogen) atoms. The van der Waals surface area contributed by atoms with Crippen LogP contribution < -0.4 is 11.1 Å². The summed E-state index contributed by atoms with van der Waals surface area (Å²) in [5, 5.41) is 2.79. The van der Waals surface area contributed by atoms with Gasteiger partial charge in [0.15, 0.2) is 0 Å². The van der Waals surface area contributed by atoms with E-state index in [0.717, 1.165) is 0 Å². The summed E-state index contributed by atoms with van der Waals surface area (Å²) in [4.78, 5) is 24.1. The van der Waals surface area contributed by atoms with Crippen LogP contribution in [0.5, 0.6) is 0 Å². The van der Waals surface area contributed by atoms with Gasteiger partial charge < -0.3 is 16.0 Å². The van der Waals surface area contributed by atoms with Gasteiger partial charge in [0.1, 0.15) is 0 Å². The predicted octanol–water partition coefficient (Wildman–Crippen LogP) is 0.378. The van der Waals surface area contributed by atoms with E-state index in [1.54, 1.807) is 14.1 Å². The number of carbonyl (C=O) groups excluding carboxylic acids is 2. The first-order valence-electron chi connectivity index (χ1n) is 5.64. The third-order valence-electron chi connectivity index (χ3n) is 2.34. The lowest BCUT2D eigenvalue weighted by atomic mass is 10.1. The molecule has 0 rings (SSSR count). The molecule has 0 saturated heterocycles. The van der Waals surface area contributed by atoms with Gasteiger partial charge in [-0.2, -0.15) is 0 Å². The SMILES string of the molecule is CC(CN)CNC(=O)CCCC(=O)N(C)C.Cl. The second-order valence-electron chi connectivity index (χ2n) is 4.29. The number of hydrogen-bond donors (Lipinski definition) is 2. The Hall–Kier alpha value is -0.810. The molecule has 102 valence electrons. The van der Waals surface area contributed by atoms with E-state index in [1.807, 2.05) is 6.92 Å². The highest BCUT2D eigenvalue weighted by molar-refractivity contribution is 5.85. The number of amides is 2. The molecule has 2 amide bonds. The normalized spacial score (nSPS) is 11.3. The number of hydrogen-bond acceptors (Lipinski definition) is 3. The Morgan fingerprint density at radius 1 is 1.29 bits per heavy atom. The molecule has 0 saturated carbocycles. The minimum Gasteiger partial charge on any atom is -0.356 e. The minimum atomic E-state index is -0.00754. The monoisotopic (exact) mass is 265 g/mol. The maximum Gasteiger partial charge on any atom is 0.222 e. The summed E-state index contributed by atoms with van der Waals surface area (Å²) in [5.41, 5.74) is 5.43. The fourth-order valence-electron chi connectivity index (χ4n) is 1.08. The lowest BCUT2D eigenvalue weighted by Crippen LogP contribution is -2.31. The van der Waals surface area contributed by atoms with Gasteiger partial charge in [0, 0.05) is 33.5 Å². The zero-order valence-electron chi connectivity index (χ0n) is 10.9. The van der Waals surface area contributed by atoms with E-state index in [9.17, 15) is 9.59 Å². The smallest absolute Gasteiger partial charge is 0.222 e. The zero-order valence-corrected chi connectivity index (χ0v) is 11.7. The number of rotatable bonds is 7. The van der Waals surface area contributed by atoms with Crippen molar-refractivity contribution in [2.24, 2.45) is 11.7 Å². The molecule has 0 radical (unpaired) electrons. The number of nitrogens with one attached hydrogen (secondary N) is 1. The highest BCUT2D eigenvalue weighted by Crippen LogP contribution is 1.98. The van der Waals surface area contributed by atoms with Crippen molar-refractivity contribution in [3.63, 3.8) is 0 Å². The summed E-state index contributed by atoms with van der Waals surface area (Å²) < 4.78 is 0. The minimum absolute atomic E-state index is 0. The summed E-state index contributed by atoms with van der Waals surface area (Å²) in [6.45, 7) is 3.16. The van der Waals surface area contributed by atoms with Gasteiger partial charge in [0.25, 0.3) is 0 Å². The molecule has 0 aliphatic rings. The van der Waals surface area contributed by atoms with Crippen molar-refractivity contribution in [1.29, 1.82) is 0 Å². The largest absolute Gasteiger partial charge is 0.356 e. The van der Waals surface area contributed by atoms with E-state index in [0.29, 0.717) is 38.3 Å². The van der Waals surface area contributed by atoms with E-state index >= 15 is 0 Å². The molecule has 0 aliphatic heterocycles. The van der Waals surface area contributed by atoms with Crippen molar-refractivity contribution in [3.8, 4) is 0 Å². The Balaban J connectivity index is 0. The van der Waals surface area contributed by atoms with Gasteiger partial charge in [0.2, 0.25) is 11.8 Å². The molecular formula is C11H24ClN3O2. The Morgan fingerprint density at radius 3 is 2.35 bits per heavy atom. The second-order valence-corrected chi connectivity index (χ2v) is 4.29. The van der Waals surface area contributed by atoms with E-state index < -0.39 is 0 Å². The molecule has 1 unspecified atom stereocenters. The first kappa shape index (κ1) is 18.6. The molecule has 0 spiro atoms. The van der Waals surface area contributed by atoms with Crippen LogP contribution in [0, 0.1) is 5.92 Å². The lowest BCUT2D eigenvalue weighted by Gasteiger charge is -2.11. The fraction of sp³-hybridized carbons (Fsp3) is 0.818. The third-order valence-corrected chi connectivity index (χ3v) is 2.34. The standard InChI is InChI=1S/C11H23N3O2.ClH/c1-9(7-12)8-13-10(15)5-4-6-11(16)14(2)3;/h9H,4-8,12H2,1-3H3,(H,13,15);1H. The number of carbonyl (C=O) groups is 2. The van der Waals surface area contributed by atoms with E-state index in [1.165, 1.54) is 4.90 Å². The molecule has 0 bridgehead atoms. The summed E-state index contributed by atoms with van der Waals surface area (Å²) in [6, 6.07) is 0. The van der Waals surface area contributed by atoms with Crippen molar-refractivity contribution in [3.05, 3.63) is 0 Å². The van der Waals surface area contributed by atoms with E-state index in [-0.39, 0.29) is 24.2 Å². The van der Waals surface area contributed by atoms with Crippen molar-refractivity contribution in [1.82, 2.24) is 10.2 Å². The number of nitrogens with zero attached hydrogens (tertiary/aromatic N) is 1. The Bertz CT molecular complexity index is 235. The molecule has 3 N–H and O–H groups in total. The molecule has 0 aromatic rings. The third kappa shape index (κ3) is 10.1. The van der Waals surface area contributed by atoms with Gasteiger partial charge in [-0.05, 0) is 18.9 Å². The molecule has 0 fully saturated rings. The second kappa shape index (κ2) is 10.4. The van der Waals surface area contributed by atoms with Crippen LogP contribution in [0.4, 0.5) is 0 Å². The molecule has 0 aliphatic carbocycles. The van der Waals surface area contributed by atoms with Crippen LogP contribution in [0.2, 0.25) is 0 Å². The van der Waals surface area contributed by atoms with Crippen LogP contribution in [0.1, 0.15) is 26.2 Å². The average Bonchev–Trinajstić information content (AvgIpc) is 2.25. The van der Waals surface area contributed by atoms with Crippen LogP contribution in [0.25, 0.3) is 0 Å². The highest BCUT2D eigenvalue weighted by Gasteiger charge is 2.07. The van der Waals surface area contributed by atoms with Crippen molar-refractivity contribution < 1.29 is 9.59 Å². The van der Waals surface area contributed by atoms with E-state index in [2.05, 4.69) is 5.32 Å². The summed E-state index contributed by atoms with van der Waals surface area (Å²) in [7, 11) is 3.43. The van der Waals surface area contributed by atoms with Gasteiger partial charge >= 0.3 is 0 Å². The average molecular weight is 266 g/mol. The molecule has 0 aromatic carbocycles. The Kier molecular flexibility index (Phi) is 11.3. The molecular weight excluding hydrogens is 242 g/mol. The van der Waals surface area contributed by atoms with Gasteiger partial charge in [-0.15, -0.1) is 12.4 Å². The number of halogens is 1. The van der Waals surface area contributed by atoms with Crippen molar-refractivity contribution >= 4 is 24.2 Å².